The van der Waals surface area contributed by atoms with Crippen LogP contribution < -0.4 is 0 Å². The smallest absolute Gasteiger partial charge is 0.269 e. The van der Waals surface area contributed by atoms with E-state index in [0.29, 0.717) is 6.42 Å². The molecule has 1 aliphatic rings. The van der Waals surface area contributed by atoms with Gasteiger partial charge in [-0.1, -0.05) is 42.5 Å². The molecule has 5 nitrogen and oxygen atoms in total. The molecule has 3 rings (SSSR count). The van der Waals surface area contributed by atoms with E-state index >= 15 is 0 Å². The number of rotatable bonds is 3. The summed E-state index contributed by atoms with van der Waals surface area (Å²) in [4.78, 5) is 15.0. The number of nitro groups is 1. The van der Waals surface area contributed by atoms with Crippen LogP contribution >= 0.6 is 0 Å². The average molecular weight is 291 g/mol. The summed E-state index contributed by atoms with van der Waals surface area (Å²) in [5, 5.41) is 20.1. The Bertz CT molecular complexity index is 761. The van der Waals surface area contributed by atoms with Gasteiger partial charge in [0.1, 0.15) is 0 Å². The van der Waals surface area contributed by atoms with Crippen LogP contribution in [0.3, 0.4) is 0 Å². The number of nitrogens with zero attached hydrogens (tertiary/aromatic N) is 3. The number of aliphatic imine (C=N–C) groups is 1. The van der Waals surface area contributed by atoms with E-state index in [9.17, 15) is 15.4 Å². The first-order chi connectivity index (χ1) is 10.7. The Morgan fingerprint density at radius 3 is 2.41 bits per heavy atom. The molecule has 1 aliphatic heterocycles. The molecule has 1 heterocycles. The Morgan fingerprint density at radius 2 is 1.82 bits per heavy atom. The monoisotopic (exact) mass is 291 g/mol. The maximum absolute atomic E-state index is 10.7. The third kappa shape index (κ3) is 2.59. The third-order valence-electron chi connectivity index (χ3n) is 3.81. The lowest BCUT2D eigenvalue weighted by Gasteiger charge is -2.10. The molecule has 0 radical (unpaired) electrons. The van der Waals surface area contributed by atoms with Gasteiger partial charge in [-0.25, -0.2) is 0 Å². The normalized spacial score (nSPS) is 20.2. The van der Waals surface area contributed by atoms with Gasteiger partial charge in [0.05, 0.1) is 23.0 Å². The largest absolute Gasteiger partial charge is 0.280 e. The van der Waals surface area contributed by atoms with Gasteiger partial charge in [-0.05, 0) is 11.1 Å². The summed E-state index contributed by atoms with van der Waals surface area (Å²) >= 11 is 0. The third-order valence-corrected chi connectivity index (χ3v) is 3.81. The van der Waals surface area contributed by atoms with Crippen LogP contribution in [0.2, 0.25) is 0 Å². The number of nitro benzene ring substituents is 1. The molecule has 2 atom stereocenters. The molecule has 2 aromatic carbocycles. The highest BCUT2D eigenvalue weighted by atomic mass is 16.6. The van der Waals surface area contributed by atoms with Gasteiger partial charge in [0.15, 0.2) is 0 Å². The van der Waals surface area contributed by atoms with Crippen molar-refractivity contribution >= 4 is 11.4 Å². The quantitative estimate of drug-likeness (QED) is 0.639. The maximum atomic E-state index is 10.7. The van der Waals surface area contributed by atoms with E-state index in [-0.39, 0.29) is 17.6 Å². The highest BCUT2D eigenvalue weighted by Gasteiger charge is 2.31. The summed E-state index contributed by atoms with van der Waals surface area (Å²) in [7, 11) is 0. The number of non-ortho nitro benzene ring substituents is 1. The Kier molecular flexibility index (Phi) is 3.67. The zero-order valence-electron chi connectivity index (χ0n) is 11.7. The lowest BCUT2D eigenvalue weighted by Crippen LogP contribution is -2.05. The van der Waals surface area contributed by atoms with Crippen molar-refractivity contribution in [3.8, 4) is 6.07 Å². The van der Waals surface area contributed by atoms with Crippen molar-refractivity contribution in [1.82, 2.24) is 0 Å². The molecule has 2 unspecified atom stereocenters. The Morgan fingerprint density at radius 1 is 1.14 bits per heavy atom. The second-order valence-corrected chi connectivity index (χ2v) is 5.18. The lowest BCUT2D eigenvalue weighted by atomic mass is 9.93. The van der Waals surface area contributed by atoms with Crippen LogP contribution in [0.25, 0.3) is 0 Å². The number of hydrogen-bond donors (Lipinski definition) is 0. The molecule has 5 heteroatoms. The van der Waals surface area contributed by atoms with Crippen LogP contribution in [-0.2, 0) is 0 Å². The molecule has 0 aliphatic carbocycles. The first-order valence-electron chi connectivity index (χ1n) is 6.95. The van der Waals surface area contributed by atoms with Crippen molar-refractivity contribution in [1.29, 1.82) is 5.26 Å². The van der Waals surface area contributed by atoms with Crippen molar-refractivity contribution in [2.75, 3.05) is 0 Å². The molecule has 0 saturated heterocycles. The molecular weight excluding hydrogens is 278 g/mol. The average Bonchev–Trinajstić information content (AvgIpc) is 3.00. The minimum Gasteiger partial charge on any atom is -0.280 e. The first kappa shape index (κ1) is 14.0. The molecule has 0 bridgehead atoms. The van der Waals surface area contributed by atoms with Gasteiger partial charge in [-0.15, -0.1) is 0 Å². The SMILES string of the molecule is N#CC1CC(c2ccccc2)=NC1c1ccc([N+](=O)[O-])cc1. The summed E-state index contributed by atoms with van der Waals surface area (Å²) in [6.07, 6.45) is 0.599. The number of nitriles is 1. The first-order valence-corrected chi connectivity index (χ1v) is 6.95. The van der Waals surface area contributed by atoms with E-state index in [1.54, 1.807) is 12.1 Å². The highest BCUT2D eigenvalue weighted by molar-refractivity contribution is 6.02. The summed E-state index contributed by atoms with van der Waals surface area (Å²) in [5.74, 6) is -0.239. The van der Waals surface area contributed by atoms with E-state index in [2.05, 4.69) is 11.1 Å². The maximum Gasteiger partial charge on any atom is 0.269 e. The van der Waals surface area contributed by atoms with Crippen molar-refractivity contribution in [2.24, 2.45) is 10.9 Å². The second kappa shape index (κ2) is 5.78. The van der Waals surface area contributed by atoms with Gasteiger partial charge in [0.25, 0.3) is 5.69 Å². The minimum absolute atomic E-state index is 0.0440. The molecule has 0 spiro atoms. The van der Waals surface area contributed by atoms with Crippen LogP contribution in [0, 0.1) is 27.4 Å². The summed E-state index contributed by atoms with van der Waals surface area (Å²) < 4.78 is 0. The molecule has 0 aromatic heterocycles. The van der Waals surface area contributed by atoms with Crippen LogP contribution in [0.1, 0.15) is 23.6 Å². The van der Waals surface area contributed by atoms with Crippen molar-refractivity contribution in [3.05, 3.63) is 75.8 Å². The topological polar surface area (TPSA) is 79.3 Å². The van der Waals surface area contributed by atoms with E-state index in [4.69, 9.17) is 0 Å². The molecule has 0 N–H and O–H groups in total. The van der Waals surface area contributed by atoms with Crippen LogP contribution in [0.15, 0.2) is 59.6 Å². The van der Waals surface area contributed by atoms with Crippen LogP contribution in [0.5, 0.6) is 0 Å². The molecule has 0 amide bonds. The van der Waals surface area contributed by atoms with Crippen molar-refractivity contribution < 1.29 is 4.92 Å². The van der Waals surface area contributed by atoms with E-state index in [1.165, 1.54) is 12.1 Å². The minimum atomic E-state index is -0.432. The van der Waals surface area contributed by atoms with E-state index in [0.717, 1.165) is 16.8 Å². The van der Waals surface area contributed by atoms with Gasteiger partial charge in [0.2, 0.25) is 0 Å². The zero-order chi connectivity index (χ0) is 15.5. The Labute approximate surface area is 127 Å². The Balaban J connectivity index is 1.93. The molecule has 22 heavy (non-hydrogen) atoms. The second-order valence-electron chi connectivity index (χ2n) is 5.18. The molecule has 0 saturated carbocycles. The van der Waals surface area contributed by atoms with Gasteiger partial charge < -0.3 is 0 Å². The predicted octanol–water partition coefficient (Wildman–Crippen LogP) is 3.67. The van der Waals surface area contributed by atoms with Crippen LogP contribution in [0.4, 0.5) is 5.69 Å². The van der Waals surface area contributed by atoms with E-state index < -0.39 is 4.92 Å². The lowest BCUT2D eigenvalue weighted by molar-refractivity contribution is -0.384. The summed E-state index contributed by atoms with van der Waals surface area (Å²) in [5.41, 5.74) is 2.81. The zero-order valence-corrected chi connectivity index (χ0v) is 11.7. The van der Waals surface area contributed by atoms with Gasteiger partial charge >= 0.3 is 0 Å². The summed E-state index contributed by atoms with van der Waals surface area (Å²) in [6.45, 7) is 0. The summed E-state index contributed by atoms with van der Waals surface area (Å²) in [6, 6.07) is 18.1. The fourth-order valence-corrected chi connectivity index (χ4v) is 2.67. The van der Waals surface area contributed by atoms with E-state index in [1.807, 2.05) is 30.3 Å². The fourth-order valence-electron chi connectivity index (χ4n) is 2.67. The van der Waals surface area contributed by atoms with Gasteiger partial charge in [0, 0.05) is 24.3 Å². The number of hydrogen-bond acceptors (Lipinski definition) is 4. The van der Waals surface area contributed by atoms with Crippen molar-refractivity contribution in [2.45, 2.75) is 12.5 Å². The van der Waals surface area contributed by atoms with Crippen molar-refractivity contribution in [3.63, 3.8) is 0 Å². The Hall–Kier alpha value is -3.00. The molecular formula is C17H13N3O2. The van der Waals surface area contributed by atoms with Crippen LogP contribution in [-0.4, -0.2) is 10.6 Å². The standard InChI is InChI=1S/C17H13N3O2/c18-11-14-10-16(12-4-2-1-3-5-12)19-17(14)13-6-8-15(9-7-13)20(21)22/h1-9,14,17H,10H2. The molecule has 108 valence electrons. The number of benzene rings is 2. The van der Waals surface area contributed by atoms with Gasteiger partial charge in [-0.3, -0.25) is 15.1 Å². The van der Waals surface area contributed by atoms with Gasteiger partial charge in [-0.2, -0.15) is 5.26 Å². The molecule has 2 aromatic rings. The fraction of sp³-hybridized carbons (Fsp3) is 0.176. The predicted molar refractivity (Wildman–Crippen MR) is 82.5 cm³/mol. The molecule has 0 fully saturated rings. The highest BCUT2D eigenvalue weighted by Crippen LogP contribution is 2.36.